The van der Waals surface area contributed by atoms with E-state index in [-0.39, 0.29) is 76.3 Å². The molecule has 0 saturated carbocycles. The van der Waals surface area contributed by atoms with Crippen molar-refractivity contribution in [2.24, 2.45) is 34.0 Å². The zero-order valence-electron chi connectivity index (χ0n) is 44.3. The predicted molar refractivity (Wildman–Crippen MR) is 284 cm³/mol. The number of guanidine groups is 1. The van der Waals surface area contributed by atoms with Gasteiger partial charge < -0.3 is 69.0 Å². The molecule has 9 atom stereocenters. The largest absolute Gasteiger partial charge is 0.508 e. The fourth-order valence-corrected chi connectivity index (χ4v) is 9.34. The van der Waals surface area contributed by atoms with E-state index < -0.39 is 107 Å². The molecule has 2 aromatic carbocycles. The number of nitrogens with zero attached hydrogens (tertiary/aromatic N) is 4. The minimum Gasteiger partial charge on any atom is -0.508 e. The molecular formula is C53H78N14O9. The summed E-state index contributed by atoms with van der Waals surface area (Å²) in [6, 6.07) is 5.85. The van der Waals surface area contributed by atoms with Gasteiger partial charge in [-0.1, -0.05) is 76.6 Å². The zero-order chi connectivity index (χ0) is 55.5. The third-order valence-electron chi connectivity index (χ3n) is 14.0. The first-order chi connectivity index (χ1) is 36.3. The van der Waals surface area contributed by atoms with Crippen molar-refractivity contribution in [1.82, 2.24) is 51.7 Å². The number of H-pyrrole nitrogens is 1. The second kappa shape index (κ2) is 28.9. The van der Waals surface area contributed by atoms with E-state index >= 15 is 0 Å². The number of aliphatic imine (C=N–C) groups is 1. The van der Waals surface area contributed by atoms with Crippen LogP contribution in [0.1, 0.15) is 95.9 Å². The Morgan fingerprint density at radius 2 is 1.36 bits per heavy atom. The van der Waals surface area contributed by atoms with Gasteiger partial charge in [0.1, 0.15) is 48.0 Å². The van der Waals surface area contributed by atoms with E-state index in [2.05, 4.69) is 46.9 Å². The molecule has 8 amide bonds. The lowest BCUT2D eigenvalue weighted by Crippen LogP contribution is -2.62. The van der Waals surface area contributed by atoms with E-state index in [0.29, 0.717) is 36.9 Å². The van der Waals surface area contributed by atoms with Crippen molar-refractivity contribution < 1.29 is 43.5 Å². The van der Waals surface area contributed by atoms with Crippen LogP contribution in [0.3, 0.4) is 0 Å². The molecule has 2 saturated heterocycles. The van der Waals surface area contributed by atoms with Crippen molar-refractivity contribution in [2.75, 3.05) is 26.7 Å². The number of fused-ring (bicyclic) bond motifs is 1. The number of benzene rings is 2. The van der Waals surface area contributed by atoms with Crippen molar-refractivity contribution in [2.45, 2.75) is 147 Å². The molecule has 1 aromatic heterocycles. The van der Waals surface area contributed by atoms with Crippen LogP contribution in [0.4, 0.5) is 0 Å². The summed E-state index contributed by atoms with van der Waals surface area (Å²) in [6.07, 6.45) is 5.43. The fraction of sp³-hybridized carbons (Fsp3) is 0.547. The van der Waals surface area contributed by atoms with Crippen LogP contribution in [0, 0.1) is 11.8 Å². The summed E-state index contributed by atoms with van der Waals surface area (Å²) in [4.78, 5) is 129. The highest BCUT2D eigenvalue weighted by molar-refractivity contribution is 5.98. The highest BCUT2D eigenvalue weighted by Crippen LogP contribution is 2.22. The van der Waals surface area contributed by atoms with Crippen molar-refractivity contribution >= 4 is 53.2 Å². The maximum atomic E-state index is 14.8. The molecule has 23 heteroatoms. The first-order valence-electron chi connectivity index (χ1n) is 26.2. The number of nitrogens with one attached hydrogen (secondary N) is 7. The first-order valence-corrected chi connectivity index (χ1v) is 26.2. The first kappa shape index (κ1) is 59.3. The summed E-state index contributed by atoms with van der Waals surface area (Å²) in [5.41, 5.74) is 19.4. The van der Waals surface area contributed by atoms with Gasteiger partial charge in [-0.2, -0.15) is 0 Å². The Morgan fingerprint density at radius 1 is 0.724 bits per heavy atom. The molecule has 3 heterocycles. The topological polar surface area (TPSA) is 355 Å². The molecule has 2 fully saturated rings. The fourth-order valence-electron chi connectivity index (χ4n) is 9.34. The minimum absolute atomic E-state index is 0.0314. The Balaban J connectivity index is 1.53. The Morgan fingerprint density at radius 3 is 2.00 bits per heavy atom. The van der Waals surface area contributed by atoms with Crippen LogP contribution >= 0.6 is 0 Å². The number of likely N-dealkylation sites (N-methyl/N-ethyl adjacent to an activating group) is 1. The van der Waals surface area contributed by atoms with Gasteiger partial charge in [0.15, 0.2) is 5.96 Å². The number of hydrogen-bond donors (Lipinski definition) is 11. The van der Waals surface area contributed by atoms with E-state index in [1.165, 1.54) is 41.5 Å². The van der Waals surface area contributed by atoms with Gasteiger partial charge in [0.05, 0.1) is 12.4 Å². The number of aromatic amines is 1. The summed E-state index contributed by atoms with van der Waals surface area (Å²) in [6.45, 7) is 7.49. The van der Waals surface area contributed by atoms with Crippen LogP contribution in [0.25, 0.3) is 0 Å². The summed E-state index contributed by atoms with van der Waals surface area (Å²) >= 11 is 0. The molecule has 76 heavy (non-hydrogen) atoms. The van der Waals surface area contributed by atoms with Crippen LogP contribution in [0.15, 0.2) is 72.1 Å². The Bertz CT molecular complexity index is 2450. The molecule has 2 aliphatic heterocycles. The molecule has 0 spiro atoms. The lowest BCUT2D eigenvalue weighted by atomic mass is 9.96. The smallest absolute Gasteiger partial charge is 0.246 e. The van der Waals surface area contributed by atoms with Gasteiger partial charge >= 0.3 is 0 Å². The second-order valence-electron chi connectivity index (χ2n) is 20.1. The van der Waals surface area contributed by atoms with E-state index in [1.54, 1.807) is 32.9 Å². The molecule has 0 aliphatic carbocycles. The van der Waals surface area contributed by atoms with Gasteiger partial charge in [0, 0.05) is 57.8 Å². The summed E-state index contributed by atoms with van der Waals surface area (Å²) < 4.78 is 0. The average Bonchev–Trinajstić information content (AvgIpc) is 4.11. The van der Waals surface area contributed by atoms with Crippen molar-refractivity contribution in [3.05, 3.63) is 83.9 Å². The maximum absolute atomic E-state index is 14.8. The predicted octanol–water partition coefficient (Wildman–Crippen LogP) is -0.232. The second-order valence-corrected chi connectivity index (χ2v) is 20.1. The van der Waals surface area contributed by atoms with Crippen molar-refractivity contribution in [1.29, 1.82) is 0 Å². The number of imidazole rings is 1. The van der Waals surface area contributed by atoms with Crippen LogP contribution < -0.4 is 49.1 Å². The number of rotatable bonds is 13. The Hall–Kier alpha value is -7.56. The molecule has 14 N–H and O–H groups in total. The standard InChI is InChI=1S/C53H78N14O9/c1-6-32(4)44-50(74)63-40(28-35-29-57-30-60-35)52(76)67-25-13-18-42(67)48(72)61-38(26-33-14-8-7-9-15-33)45(69)58-23-11-10-16-37(54)51(75)66(5)41(17-12-24-59-53(55)56)47(71)64-43(31(2)3)49(73)62-39(46(70)65-44)27-34-19-21-36(68)22-20-34/h7-9,14-15,19-22,29-32,37-44,68H,6,10-13,16-18,23-28,54H2,1-5H3,(H,57,60)(H,58,69)(H,61,72)(H,62,73)(H,63,74)(H,64,71)(H,65,70)(H4,55,56,59)/t32-,37-,38-,39-,40-,41-,42+,43+,44+/m0/s1. The number of amides is 8. The number of aromatic hydroxyl groups is 1. The van der Waals surface area contributed by atoms with Gasteiger partial charge in [-0.15, -0.1) is 0 Å². The molecule has 3 aromatic rings. The number of carbonyl (C=O) groups is 8. The van der Waals surface area contributed by atoms with Gasteiger partial charge in [-0.3, -0.25) is 43.3 Å². The average molecular weight is 1060 g/mol. The molecule has 23 nitrogen and oxygen atoms in total. The lowest BCUT2D eigenvalue weighted by molar-refractivity contribution is -0.142. The number of phenolic OH excluding ortho intramolecular Hbond substituents is 1. The lowest BCUT2D eigenvalue weighted by Gasteiger charge is -2.33. The molecule has 0 unspecified atom stereocenters. The molecule has 5 rings (SSSR count). The van der Waals surface area contributed by atoms with E-state index in [1.807, 2.05) is 37.3 Å². The van der Waals surface area contributed by atoms with Crippen LogP contribution in [0.2, 0.25) is 0 Å². The van der Waals surface area contributed by atoms with Crippen LogP contribution in [-0.2, 0) is 57.6 Å². The molecule has 0 radical (unpaired) electrons. The molecular weight excluding hydrogens is 977 g/mol. The van der Waals surface area contributed by atoms with Crippen molar-refractivity contribution in [3.8, 4) is 5.75 Å². The Labute approximate surface area is 444 Å². The summed E-state index contributed by atoms with van der Waals surface area (Å²) in [5, 5.41) is 27.2. The third kappa shape index (κ3) is 17.2. The molecule has 414 valence electrons. The number of carbonyl (C=O) groups excluding carboxylic acids is 8. The molecule has 2 aliphatic rings. The summed E-state index contributed by atoms with van der Waals surface area (Å²) in [5.74, 6) is -6.27. The van der Waals surface area contributed by atoms with Gasteiger partial charge in [-0.25, -0.2) is 4.98 Å². The van der Waals surface area contributed by atoms with Crippen LogP contribution in [0.5, 0.6) is 5.75 Å². The number of hydrogen-bond acceptors (Lipinski definition) is 12. The maximum Gasteiger partial charge on any atom is 0.246 e. The molecule has 0 bridgehead atoms. The normalized spacial score (nSPS) is 24.9. The van der Waals surface area contributed by atoms with E-state index in [4.69, 9.17) is 17.2 Å². The van der Waals surface area contributed by atoms with Gasteiger partial charge in [0.2, 0.25) is 47.3 Å². The third-order valence-corrected chi connectivity index (χ3v) is 14.0. The summed E-state index contributed by atoms with van der Waals surface area (Å²) in [7, 11) is 1.44. The van der Waals surface area contributed by atoms with Gasteiger partial charge in [-0.05, 0) is 80.0 Å². The van der Waals surface area contributed by atoms with E-state index in [0.717, 1.165) is 5.56 Å². The highest BCUT2D eigenvalue weighted by Gasteiger charge is 2.41. The Kier molecular flexibility index (Phi) is 22.6. The monoisotopic (exact) mass is 1050 g/mol. The number of aromatic nitrogens is 2. The number of phenols is 1. The quantitative estimate of drug-likeness (QED) is 0.0600. The van der Waals surface area contributed by atoms with Crippen LogP contribution in [-0.4, -0.2) is 153 Å². The zero-order valence-corrected chi connectivity index (χ0v) is 44.3. The SMILES string of the molecule is CC[C@H](C)[C@H]1NC(=O)[C@H](Cc2ccc(O)cc2)NC(=O)[C@@H](C(C)C)NC(=O)[C@H](CCCN=C(N)N)N(C)C(=O)[C@@H](N)CCCCNC(=O)[C@H](Cc2ccccc2)NC(=O)[C@H]2CCCN2C(=O)[C@H](Cc2cnc[nH]2)NC1=O. The van der Waals surface area contributed by atoms with Crippen molar-refractivity contribution in [3.63, 3.8) is 0 Å². The highest BCUT2D eigenvalue weighted by atomic mass is 16.3. The van der Waals surface area contributed by atoms with E-state index in [9.17, 15) is 43.5 Å². The van der Waals surface area contributed by atoms with Gasteiger partial charge in [0.25, 0.3) is 0 Å². The minimum atomic E-state index is -1.35. The number of nitrogens with two attached hydrogens (primary N) is 3.